The predicted octanol–water partition coefficient (Wildman–Crippen LogP) is 0.808. The highest BCUT2D eigenvalue weighted by Crippen LogP contribution is 2.25. The Morgan fingerprint density at radius 3 is 2.87 bits per heavy atom. The molecule has 0 fully saturated rings. The van der Waals surface area contributed by atoms with E-state index in [0.29, 0.717) is 5.78 Å². The van der Waals surface area contributed by atoms with E-state index in [1.54, 1.807) is 9.20 Å². The molecule has 3 aromatic rings. The molecule has 0 aliphatic carbocycles. The van der Waals surface area contributed by atoms with Crippen molar-refractivity contribution >= 4 is 29.9 Å². The van der Waals surface area contributed by atoms with Crippen molar-refractivity contribution in [2.24, 2.45) is 0 Å². The first-order valence-corrected chi connectivity index (χ1v) is 7.77. The van der Waals surface area contributed by atoms with E-state index in [4.69, 9.17) is 0 Å². The topological polar surface area (TPSA) is 89.9 Å². The normalized spacial score (nSPS) is 11.1. The second-order valence-electron chi connectivity index (χ2n) is 5.00. The molecule has 0 aliphatic heterocycles. The largest absolute Gasteiger partial charge is 0.308 e. The smallest absolute Gasteiger partial charge is 0.253 e. The van der Waals surface area contributed by atoms with Gasteiger partial charge in [0.2, 0.25) is 5.16 Å². The predicted molar refractivity (Wildman–Crippen MR) is 87.9 cm³/mol. The summed E-state index contributed by atoms with van der Waals surface area (Å²) in [4.78, 5) is 10.7. The Hall–Kier alpha value is -1.78. The van der Waals surface area contributed by atoms with Crippen molar-refractivity contribution in [3.63, 3.8) is 0 Å². The summed E-state index contributed by atoms with van der Waals surface area (Å²) in [6, 6.07) is 2.00. The van der Waals surface area contributed by atoms with E-state index in [1.165, 1.54) is 18.1 Å². The maximum atomic E-state index is 4.44. The van der Waals surface area contributed by atoms with Crippen LogP contribution in [0.2, 0.25) is 0 Å². The number of halogens is 1. The quantitative estimate of drug-likeness (QED) is 0.600. The maximum absolute atomic E-state index is 4.44. The van der Waals surface area contributed by atoms with Crippen LogP contribution in [0.4, 0.5) is 0 Å². The lowest BCUT2D eigenvalue weighted by molar-refractivity contribution is 0.361. The fourth-order valence-electron chi connectivity index (χ4n) is 1.88. The monoisotopic (exact) mass is 355 g/mol. The van der Waals surface area contributed by atoms with Crippen LogP contribution >= 0.6 is 24.2 Å². The number of rotatable bonds is 6. The molecule has 11 heteroatoms. The number of hydrogen-bond donors (Lipinski definition) is 0. The first-order valence-electron chi connectivity index (χ1n) is 6.95. The molecule has 0 atom stereocenters. The Morgan fingerprint density at radius 2 is 2.13 bits per heavy atom. The molecule has 0 amide bonds. The van der Waals surface area contributed by atoms with Gasteiger partial charge in [0, 0.05) is 12.2 Å². The van der Waals surface area contributed by atoms with Gasteiger partial charge in [-0.1, -0.05) is 6.92 Å². The van der Waals surface area contributed by atoms with Gasteiger partial charge in [-0.2, -0.15) is 14.6 Å². The fourth-order valence-corrected chi connectivity index (χ4v) is 2.79. The van der Waals surface area contributed by atoms with Crippen LogP contribution in [0.3, 0.4) is 0 Å². The van der Waals surface area contributed by atoms with E-state index in [0.717, 1.165) is 35.4 Å². The molecular formula is C12H18ClN9S. The molecule has 3 aromatic heterocycles. The second kappa shape index (κ2) is 7.66. The molecular weight excluding hydrogens is 338 g/mol. The third-order valence-corrected chi connectivity index (χ3v) is 4.06. The Labute approximate surface area is 143 Å². The van der Waals surface area contributed by atoms with Gasteiger partial charge < -0.3 is 4.90 Å². The van der Waals surface area contributed by atoms with Crippen molar-refractivity contribution in [3.8, 4) is 0 Å². The first-order chi connectivity index (χ1) is 10.7. The van der Waals surface area contributed by atoms with Gasteiger partial charge in [0.15, 0.2) is 0 Å². The van der Waals surface area contributed by atoms with E-state index < -0.39 is 0 Å². The van der Waals surface area contributed by atoms with E-state index in [9.17, 15) is 0 Å². The number of likely N-dealkylation sites (N-methyl/N-ethyl adjacent to an activating group) is 1. The minimum Gasteiger partial charge on any atom is -0.308 e. The highest BCUT2D eigenvalue weighted by molar-refractivity contribution is 7.99. The van der Waals surface area contributed by atoms with Gasteiger partial charge in [0.1, 0.15) is 11.4 Å². The minimum atomic E-state index is 0. The first kappa shape index (κ1) is 17.6. The van der Waals surface area contributed by atoms with Crippen LogP contribution in [0.15, 0.2) is 22.6 Å². The van der Waals surface area contributed by atoms with Crippen LogP contribution in [-0.2, 0) is 13.0 Å². The molecule has 124 valence electrons. The highest BCUT2D eigenvalue weighted by Gasteiger charge is 2.13. The summed E-state index contributed by atoms with van der Waals surface area (Å²) in [5.74, 6) is 0.592. The summed E-state index contributed by atoms with van der Waals surface area (Å²) < 4.78 is 3.49. The summed E-state index contributed by atoms with van der Waals surface area (Å²) >= 11 is 1.47. The maximum Gasteiger partial charge on any atom is 0.253 e. The summed E-state index contributed by atoms with van der Waals surface area (Å²) in [5, 5.41) is 17.8. The lowest BCUT2D eigenvalue weighted by Crippen LogP contribution is -2.19. The minimum absolute atomic E-state index is 0. The van der Waals surface area contributed by atoms with Crippen LogP contribution < -0.4 is 0 Å². The third-order valence-electron chi connectivity index (χ3n) is 3.09. The summed E-state index contributed by atoms with van der Waals surface area (Å²) in [6.45, 7) is 3.66. The number of nitrogens with zero attached hydrogens (tertiary/aromatic N) is 9. The summed E-state index contributed by atoms with van der Waals surface area (Å²) in [6.07, 6.45) is 2.34. The van der Waals surface area contributed by atoms with E-state index in [2.05, 4.69) is 42.4 Å². The molecule has 0 saturated heterocycles. The Bertz CT molecular complexity index is 769. The van der Waals surface area contributed by atoms with Crippen molar-refractivity contribution < 1.29 is 0 Å². The third kappa shape index (κ3) is 3.95. The average molecular weight is 356 g/mol. The summed E-state index contributed by atoms with van der Waals surface area (Å²) in [5.41, 5.74) is 0.968. The number of tetrazole rings is 1. The average Bonchev–Trinajstić information content (AvgIpc) is 3.13. The van der Waals surface area contributed by atoms with Gasteiger partial charge in [-0.25, -0.2) is 9.67 Å². The molecule has 0 N–H and O–H groups in total. The number of aryl methyl sites for hydroxylation is 1. The lowest BCUT2D eigenvalue weighted by atomic mass is 10.3. The summed E-state index contributed by atoms with van der Waals surface area (Å²) in [7, 11) is 4.04. The van der Waals surface area contributed by atoms with Crippen molar-refractivity contribution in [1.29, 1.82) is 0 Å². The van der Waals surface area contributed by atoms with Crippen molar-refractivity contribution in [2.45, 2.75) is 30.1 Å². The number of fused-ring (bicyclic) bond motifs is 1. The van der Waals surface area contributed by atoms with Crippen molar-refractivity contribution in [3.05, 3.63) is 18.1 Å². The molecule has 3 heterocycles. The standard InChI is InChI=1S/C12H17N9S.ClH/c1-4-9-7-10(21-11(15-9)13-8-14-21)22-12-16-17-18-20(12)6-5-19(2)3;/h7-8H,4-6H2,1-3H3;1H. The molecule has 23 heavy (non-hydrogen) atoms. The van der Waals surface area contributed by atoms with E-state index in [-0.39, 0.29) is 12.4 Å². The van der Waals surface area contributed by atoms with Gasteiger partial charge in [-0.3, -0.25) is 0 Å². The molecule has 0 radical (unpaired) electrons. The number of hydrogen-bond acceptors (Lipinski definition) is 8. The molecule has 9 nitrogen and oxygen atoms in total. The van der Waals surface area contributed by atoms with Gasteiger partial charge in [-0.15, -0.1) is 17.5 Å². The zero-order valence-corrected chi connectivity index (χ0v) is 14.8. The van der Waals surface area contributed by atoms with E-state index >= 15 is 0 Å². The van der Waals surface area contributed by atoms with Crippen LogP contribution in [0.1, 0.15) is 12.6 Å². The van der Waals surface area contributed by atoms with Crippen LogP contribution in [-0.4, -0.2) is 65.3 Å². The highest BCUT2D eigenvalue weighted by atomic mass is 35.5. The SMILES string of the molecule is CCc1cc(Sc2nnnn2CCN(C)C)n2ncnc2n1.Cl. The van der Waals surface area contributed by atoms with Gasteiger partial charge in [0.05, 0.1) is 6.54 Å². The van der Waals surface area contributed by atoms with Crippen LogP contribution in [0.25, 0.3) is 5.78 Å². The molecule has 0 unspecified atom stereocenters. The van der Waals surface area contributed by atoms with Crippen LogP contribution in [0.5, 0.6) is 0 Å². The Kier molecular flexibility index (Phi) is 5.85. The molecule has 0 saturated carbocycles. The molecule has 0 aromatic carbocycles. The van der Waals surface area contributed by atoms with Crippen molar-refractivity contribution in [2.75, 3.05) is 20.6 Å². The lowest BCUT2D eigenvalue weighted by Gasteiger charge is -2.10. The van der Waals surface area contributed by atoms with Crippen LogP contribution in [0, 0.1) is 0 Å². The van der Waals surface area contributed by atoms with Crippen molar-refractivity contribution in [1.82, 2.24) is 44.7 Å². The molecule has 3 rings (SSSR count). The zero-order chi connectivity index (χ0) is 15.5. The Morgan fingerprint density at radius 1 is 1.30 bits per heavy atom. The molecule has 0 aliphatic rings. The van der Waals surface area contributed by atoms with E-state index in [1.807, 2.05) is 20.2 Å². The fraction of sp³-hybridized carbons (Fsp3) is 0.500. The van der Waals surface area contributed by atoms with Gasteiger partial charge in [0.25, 0.3) is 5.78 Å². The molecule has 0 spiro atoms. The van der Waals surface area contributed by atoms with Gasteiger partial charge >= 0.3 is 0 Å². The second-order valence-corrected chi connectivity index (χ2v) is 5.99. The molecule has 0 bridgehead atoms. The zero-order valence-electron chi connectivity index (χ0n) is 13.1. The number of aromatic nitrogens is 8. The van der Waals surface area contributed by atoms with Gasteiger partial charge in [-0.05, 0) is 48.8 Å². The Balaban J connectivity index is 0.00000192.